The van der Waals surface area contributed by atoms with Crippen molar-refractivity contribution in [1.29, 1.82) is 0 Å². The molecule has 0 aromatic carbocycles. The second kappa shape index (κ2) is 6.58. The van der Waals surface area contributed by atoms with Crippen LogP contribution in [0.1, 0.15) is 33.6 Å². The molecule has 1 aliphatic heterocycles. The fourth-order valence-electron chi connectivity index (χ4n) is 1.74. The summed E-state index contributed by atoms with van der Waals surface area (Å²) in [6.07, 6.45) is 1.19. The summed E-state index contributed by atoms with van der Waals surface area (Å²) in [5.74, 6) is 4.94. The fraction of sp³-hybridized carbons (Fsp3) is 0.818. The third-order valence-corrected chi connectivity index (χ3v) is 2.67. The van der Waals surface area contributed by atoms with Gasteiger partial charge in [0.1, 0.15) is 5.60 Å². The van der Waals surface area contributed by atoms with Gasteiger partial charge in [0.15, 0.2) is 0 Å². The number of nitrogens with two attached hydrogens (primary N) is 1. The highest BCUT2D eigenvalue weighted by atomic mass is 16.6. The number of urea groups is 1. The van der Waals surface area contributed by atoms with Gasteiger partial charge < -0.3 is 9.64 Å². The van der Waals surface area contributed by atoms with E-state index in [1.807, 2.05) is 26.2 Å². The number of ether oxygens (including phenoxy) is 1. The highest BCUT2D eigenvalue weighted by Crippen LogP contribution is 2.15. The van der Waals surface area contributed by atoms with Gasteiger partial charge in [-0.15, -0.1) is 0 Å². The zero-order valence-electron chi connectivity index (χ0n) is 11.7. The molecule has 0 spiro atoms. The van der Waals surface area contributed by atoms with Crippen LogP contribution >= 0.6 is 0 Å². The molecule has 110 valence electrons. The van der Waals surface area contributed by atoms with Gasteiger partial charge in [-0.1, -0.05) is 0 Å². The van der Waals surface area contributed by atoms with Gasteiger partial charge in [0.05, 0.1) is 0 Å². The van der Waals surface area contributed by atoms with Gasteiger partial charge >= 0.3 is 12.1 Å². The lowest BCUT2D eigenvalue weighted by atomic mass is 10.1. The Morgan fingerprint density at radius 2 is 1.84 bits per heavy atom. The smallest absolute Gasteiger partial charge is 0.410 e. The van der Waals surface area contributed by atoms with Crippen molar-refractivity contribution >= 4 is 12.1 Å². The Hall–Kier alpha value is -1.54. The molecule has 1 rings (SSSR count). The standard InChI is InChI=1S/C11H23N5O3/c1-11(2,3)19-10(18)16-6-4-8(5-7-16)14-15-9(17)13-12/h8,14H,4-7,12H2,1-3H3,(H2,13,15,17). The Morgan fingerprint density at radius 3 is 2.32 bits per heavy atom. The maximum absolute atomic E-state index is 11.8. The molecular formula is C11H23N5O3. The lowest BCUT2D eigenvalue weighted by Crippen LogP contribution is -2.54. The summed E-state index contributed by atoms with van der Waals surface area (Å²) in [4.78, 5) is 24.4. The van der Waals surface area contributed by atoms with E-state index in [4.69, 9.17) is 10.6 Å². The van der Waals surface area contributed by atoms with Crippen LogP contribution in [0.3, 0.4) is 0 Å². The van der Waals surface area contributed by atoms with E-state index in [9.17, 15) is 9.59 Å². The number of hydrogen-bond donors (Lipinski definition) is 4. The van der Waals surface area contributed by atoms with Crippen LogP contribution in [0.4, 0.5) is 9.59 Å². The Labute approximate surface area is 113 Å². The normalized spacial score (nSPS) is 16.9. The Morgan fingerprint density at radius 1 is 1.26 bits per heavy atom. The minimum Gasteiger partial charge on any atom is -0.444 e. The number of piperidine rings is 1. The molecule has 0 bridgehead atoms. The molecule has 0 radical (unpaired) electrons. The first-order valence-electron chi connectivity index (χ1n) is 6.32. The number of hydrazine groups is 2. The Balaban J connectivity index is 2.29. The molecular weight excluding hydrogens is 250 g/mol. The van der Waals surface area contributed by atoms with Crippen LogP contribution in [0.25, 0.3) is 0 Å². The van der Waals surface area contributed by atoms with E-state index in [0.29, 0.717) is 13.1 Å². The number of rotatable bonds is 2. The average molecular weight is 273 g/mol. The molecule has 0 aliphatic carbocycles. The summed E-state index contributed by atoms with van der Waals surface area (Å²) in [7, 11) is 0. The Bertz CT molecular complexity index is 321. The van der Waals surface area contributed by atoms with Crippen molar-refractivity contribution in [3.63, 3.8) is 0 Å². The molecule has 0 aromatic heterocycles. The highest BCUT2D eigenvalue weighted by molar-refractivity contribution is 5.72. The van der Waals surface area contributed by atoms with E-state index < -0.39 is 11.6 Å². The summed E-state index contributed by atoms with van der Waals surface area (Å²) < 4.78 is 5.30. The van der Waals surface area contributed by atoms with Crippen LogP contribution < -0.4 is 22.1 Å². The summed E-state index contributed by atoms with van der Waals surface area (Å²) >= 11 is 0. The maximum atomic E-state index is 11.8. The number of hydrogen-bond acceptors (Lipinski definition) is 5. The minimum absolute atomic E-state index is 0.121. The van der Waals surface area contributed by atoms with Crippen molar-refractivity contribution in [1.82, 2.24) is 21.2 Å². The number of likely N-dealkylation sites (tertiary alicyclic amines) is 1. The van der Waals surface area contributed by atoms with Crippen molar-refractivity contribution in [2.45, 2.75) is 45.3 Å². The van der Waals surface area contributed by atoms with E-state index in [1.165, 1.54) is 0 Å². The van der Waals surface area contributed by atoms with Gasteiger partial charge in [-0.3, -0.25) is 10.9 Å². The van der Waals surface area contributed by atoms with Gasteiger partial charge in [-0.2, -0.15) is 0 Å². The summed E-state index contributed by atoms with van der Waals surface area (Å²) in [5, 5.41) is 0. The molecule has 8 nitrogen and oxygen atoms in total. The third kappa shape index (κ3) is 5.75. The van der Waals surface area contributed by atoms with Crippen molar-refractivity contribution in [2.75, 3.05) is 13.1 Å². The molecule has 19 heavy (non-hydrogen) atoms. The zero-order valence-corrected chi connectivity index (χ0v) is 11.7. The average Bonchev–Trinajstić information content (AvgIpc) is 2.34. The molecule has 1 heterocycles. The van der Waals surface area contributed by atoms with E-state index in [2.05, 4.69) is 10.9 Å². The molecule has 1 aliphatic rings. The molecule has 0 unspecified atom stereocenters. The monoisotopic (exact) mass is 273 g/mol. The number of nitrogens with zero attached hydrogens (tertiary/aromatic N) is 1. The van der Waals surface area contributed by atoms with E-state index in [0.717, 1.165) is 12.8 Å². The van der Waals surface area contributed by atoms with Crippen LogP contribution in [-0.4, -0.2) is 41.8 Å². The van der Waals surface area contributed by atoms with E-state index >= 15 is 0 Å². The summed E-state index contributed by atoms with van der Waals surface area (Å²) in [6, 6.07) is -0.370. The predicted octanol–water partition coefficient (Wildman–Crippen LogP) is 0.0634. The first-order chi connectivity index (χ1) is 8.81. The number of nitrogens with one attached hydrogen (secondary N) is 3. The van der Waals surface area contributed by atoms with Crippen molar-refractivity contribution in [3.05, 3.63) is 0 Å². The molecule has 0 saturated carbocycles. The van der Waals surface area contributed by atoms with E-state index in [1.54, 1.807) is 4.90 Å². The zero-order chi connectivity index (χ0) is 14.5. The van der Waals surface area contributed by atoms with Crippen molar-refractivity contribution in [3.8, 4) is 0 Å². The fourth-order valence-corrected chi connectivity index (χ4v) is 1.74. The molecule has 5 N–H and O–H groups in total. The molecule has 8 heteroatoms. The lowest BCUT2D eigenvalue weighted by molar-refractivity contribution is 0.0195. The van der Waals surface area contributed by atoms with Gasteiger partial charge in [-0.05, 0) is 33.6 Å². The van der Waals surface area contributed by atoms with Crippen LogP contribution in [0, 0.1) is 0 Å². The van der Waals surface area contributed by atoms with Gasteiger partial charge in [0.2, 0.25) is 0 Å². The van der Waals surface area contributed by atoms with Crippen LogP contribution in [-0.2, 0) is 4.74 Å². The van der Waals surface area contributed by atoms with Crippen LogP contribution in [0.15, 0.2) is 0 Å². The second-order valence-corrected chi connectivity index (χ2v) is 5.48. The highest BCUT2D eigenvalue weighted by Gasteiger charge is 2.26. The van der Waals surface area contributed by atoms with Crippen LogP contribution in [0.5, 0.6) is 0 Å². The first-order valence-corrected chi connectivity index (χ1v) is 6.32. The topological polar surface area (TPSA) is 109 Å². The summed E-state index contributed by atoms with van der Waals surface area (Å²) in [6.45, 7) is 6.72. The number of amides is 3. The second-order valence-electron chi connectivity index (χ2n) is 5.48. The number of carbonyl (C=O) groups is 2. The Kier molecular flexibility index (Phi) is 5.37. The SMILES string of the molecule is CC(C)(C)OC(=O)N1CCC(NNC(=O)NN)CC1. The molecule has 3 amide bonds. The minimum atomic E-state index is -0.491. The van der Waals surface area contributed by atoms with Gasteiger partial charge in [0, 0.05) is 19.1 Å². The third-order valence-electron chi connectivity index (χ3n) is 2.67. The largest absolute Gasteiger partial charge is 0.444 e. The molecule has 0 aromatic rings. The van der Waals surface area contributed by atoms with Gasteiger partial charge in [-0.25, -0.2) is 20.9 Å². The predicted molar refractivity (Wildman–Crippen MR) is 69.8 cm³/mol. The maximum Gasteiger partial charge on any atom is 0.410 e. The quantitative estimate of drug-likeness (QED) is 0.323. The molecule has 0 atom stereocenters. The van der Waals surface area contributed by atoms with Gasteiger partial charge in [0.25, 0.3) is 0 Å². The number of carbonyl (C=O) groups excluding carboxylic acids is 2. The van der Waals surface area contributed by atoms with E-state index in [-0.39, 0.29) is 12.1 Å². The van der Waals surface area contributed by atoms with Crippen LogP contribution in [0.2, 0.25) is 0 Å². The molecule has 1 fully saturated rings. The van der Waals surface area contributed by atoms with Crippen molar-refractivity contribution < 1.29 is 14.3 Å². The molecule has 1 saturated heterocycles. The first kappa shape index (κ1) is 15.5. The summed E-state index contributed by atoms with van der Waals surface area (Å²) in [5.41, 5.74) is 6.76. The lowest BCUT2D eigenvalue weighted by Gasteiger charge is -2.33. The van der Waals surface area contributed by atoms with Crippen molar-refractivity contribution in [2.24, 2.45) is 5.84 Å².